The molecule has 134 valence electrons. The molecule has 3 rings (SSSR count). The van der Waals surface area contributed by atoms with Crippen LogP contribution in [0, 0.1) is 0 Å². The number of hydrogen-bond donors (Lipinski definition) is 0. The van der Waals surface area contributed by atoms with Crippen molar-refractivity contribution in [1.29, 1.82) is 0 Å². The number of anilines is 1. The SMILES string of the molecule is CCOc1cc2ccnc(N3CCN(C(=O)Cl)CC3)c2cc1OCC. The standard InChI is InChI=1S/C18H22ClN3O3/c1-3-24-15-11-13-5-6-20-17(14(13)12-16(15)25-4-2)21-7-9-22(10-8-21)18(19)23/h5-6,11-12H,3-4,7-10H2,1-2H3. The predicted molar refractivity (Wildman–Crippen MR) is 99.1 cm³/mol. The van der Waals surface area contributed by atoms with E-state index in [4.69, 9.17) is 21.1 Å². The van der Waals surface area contributed by atoms with Crippen molar-refractivity contribution in [3.63, 3.8) is 0 Å². The highest BCUT2D eigenvalue weighted by Crippen LogP contribution is 2.36. The molecule has 1 amide bonds. The summed E-state index contributed by atoms with van der Waals surface area (Å²) < 4.78 is 11.5. The van der Waals surface area contributed by atoms with E-state index < -0.39 is 5.37 Å². The summed E-state index contributed by atoms with van der Waals surface area (Å²) in [5.41, 5.74) is 0. The van der Waals surface area contributed by atoms with Gasteiger partial charge in [0.25, 0.3) is 0 Å². The van der Waals surface area contributed by atoms with Gasteiger partial charge < -0.3 is 19.3 Å². The van der Waals surface area contributed by atoms with E-state index in [2.05, 4.69) is 9.88 Å². The first kappa shape index (κ1) is 17.6. The molecule has 1 aliphatic heterocycles. The first-order chi connectivity index (χ1) is 12.1. The number of rotatable bonds is 5. The zero-order valence-electron chi connectivity index (χ0n) is 14.5. The normalized spacial score (nSPS) is 14.7. The lowest BCUT2D eigenvalue weighted by Crippen LogP contribution is -2.47. The minimum atomic E-state index is -0.398. The molecule has 1 aromatic carbocycles. The van der Waals surface area contributed by atoms with Crippen LogP contribution in [0.5, 0.6) is 11.5 Å². The van der Waals surface area contributed by atoms with Crippen molar-refractivity contribution in [2.75, 3.05) is 44.3 Å². The smallest absolute Gasteiger partial charge is 0.316 e. The summed E-state index contributed by atoms with van der Waals surface area (Å²) in [6.07, 6.45) is 1.80. The number of pyridine rings is 1. The van der Waals surface area contributed by atoms with Gasteiger partial charge in [0.15, 0.2) is 11.5 Å². The van der Waals surface area contributed by atoms with Gasteiger partial charge in [0.2, 0.25) is 0 Å². The topological polar surface area (TPSA) is 54.9 Å². The maximum atomic E-state index is 11.3. The molecule has 25 heavy (non-hydrogen) atoms. The van der Waals surface area contributed by atoms with Crippen molar-refractivity contribution < 1.29 is 14.3 Å². The average molecular weight is 364 g/mol. The molecule has 6 nitrogen and oxygen atoms in total. The van der Waals surface area contributed by atoms with E-state index in [0.717, 1.165) is 28.1 Å². The van der Waals surface area contributed by atoms with Crippen LogP contribution in [-0.4, -0.2) is 54.6 Å². The molecule has 2 heterocycles. The summed E-state index contributed by atoms with van der Waals surface area (Å²) in [6.45, 7) is 7.63. The van der Waals surface area contributed by atoms with Crippen LogP contribution in [0.25, 0.3) is 10.8 Å². The van der Waals surface area contributed by atoms with E-state index in [0.29, 0.717) is 39.4 Å². The number of hydrogen-bond acceptors (Lipinski definition) is 5. The lowest BCUT2D eigenvalue weighted by atomic mass is 10.1. The van der Waals surface area contributed by atoms with E-state index in [9.17, 15) is 4.79 Å². The third kappa shape index (κ3) is 3.74. The molecular weight excluding hydrogens is 342 g/mol. The molecule has 1 aliphatic rings. The van der Waals surface area contributed by atoms with Gasteiger partial charge >= 0.3 is 5.37 Å². The highest BCUT2D eigenvalue weighted by molar-refractivity contribution is 6.62. The van der Waals surface area contributed by atoms with E-state index in [1.165, 1.54) is 0 Å². The Morgan fingerprint density at radius 3 is 2.36 bits per heavy atom. The maximum Gasteiger partial charge on any atom is 0.316 e. The number of fused-ring (bicyclic) bond motifs is 1. The minimum Gasteiger partial charge on any atom is -0.490 e. The Kier molecular flexibility index (Phi) is 5.48. The van der Waals surface area contributed by atoms with E-state index >= 15 is 0 Å². The quantitative estimate of drug-likeness (QED) is 0.601. The lowest BCUT2D eigenvalue weighted by molar-refractivity contribution is 0.218. The second-order valence-corrected chi connectivity index (χ2v) is 6.07. The molecule has 7 heteroatoms. The van der Waals surface area contributed by atoms with Crippen LogP contribution in [0.1, 0.15) is 13.8 Å². The van der Waals surface area contributed by atoms with Crippen molar-refractivity contribution in [2.24, 2.45) is 0 Å². The molecule has 1 saturated heterocycles. The fraction of sp³-hybridized carbons (Fsp3) is 0.444. The highest BCUT2D eigenvalue weighted by Gasteiger charge is 2.22. The van der Waals surface area contributed by atoms with Crippen molar-refractivity contribution in [2.45, 2.75) is 13.8 Å². The van der Waals surface area contributed by atoms with Gasteiger partial charge in [-0.25, -0.2) is 4.98 Å². The van der Waals surface area contributed by atoms with Crippen molar-refractivity contribution >= 4 is 33.6 Å². The minimum absolute atomic E-state index is 0.398. The molecule has 0 radical (unpaired) electrons. The van der Waals surface area contributed by atoms with Gasteiger partial charge in [-0.3, -0.25) is 4.79 Å². The predicted octanol–water partition coefficient (Wildman–Crippen LogP) is 3.51. The molecule has 0 unspecified atom stereocenters. The number of piperazine rings is 1. The molecule has 0 bridgehead atoms. The van der Waals surface area contributed by atoms with Crippen LogP contribution >= 0.6 is 11.6 Å². The molecule has 0 aliphatic carbocycles. The first-order valence-electron chi connectivity index (χ1n) is 8.51. The Morgan fingerprint density at radius 1 is 1.12 bits per heavy atom. The number of carbonyl (C=O) groups excluding carboxylic acids is 1. The number of aromatic nitrogens is 1. The van der Waals surface area contributed by atoms with Gasteiger partial charge in [0.1, 0.15) is 5.82 Å². The molecule has 1 fully saturated rings. The summed E-state index contributed by atoms with van der Waals surface area (Å²) in [7, 11) is 0. The van der Waals surface area contributed by atoms with Crippen LogP contribution in [-0.2, 0) is 0 Å². The maximum absolute atomic E-state index is 11.3. The first-order valence-corrected chi connectivity index (χ1v) is 8.89. The summed E-state index contributed by atoms with van der Waals surface area (Å²) in [4.78, 5) is 19.7. The monoisotopic (exact) mass is 363 g/mol. The van der Waals surface area contributed by atoms with Gasteiger partial charge in [0.05, 0.1) is 13.2 Å². The highest BCUT2D eigenvalue weighted by atomic mass is 35.5. The Hall–Kier alpha value is -2.21. The lowest BCUT2D eigenvalue weighted by Gasteiger charge is -2.34. The molecule has 0 N–H and O–H groups in total. The number of amides is 1. The van der Waals surface area contributed by atoms with Crippen molar-refractivity contribution in [1.82, 2.24) is 9.88 Å². The molecule has 0 atom stereocenters. The second-order valence-electron chi connectivity index (χ2n) is 5.75. The number of halogens is 1. The third-order valence-corrected chi connectivity index (χ3v) is 4.47. The number of carbonyl (C=O) groups is 1. The van der Waals surface area contributed by atoms with Gasteiger partial charge in [-0.05, 0) is 49.0 Å². The summed E-state index contributed by atoms with van der Waals surface area (Å²) in [5.74, 6) is 2.36. The molecule has 1 aromatic heterocycles. The van der Waals surface area contributed by atoms with E-state index in [1.54, 1.807) is 11.1 Å². The fourth-order valence-electron chi connectivity index (χ4n) is 3.05. The Morgan fingerprint density at radius 2 is 1.76 bits per heavy atom. The Balaban J connectivity index is 1.96. The van der Waals surface area contributed by atoms with Crippen LogP contribution in [0.4, 0.5) is 10.6 Å². The second kappa shape index (κ2) is 7.78. The van der Waals surface area contributed by atoms with Gasteiger partial charge in [-0.15, -0.1) is 0 Å². The molecule has 0 saturated carbocycles. The van der Waals surface area contributed by atoms with Crippen molar-refractivity contribution in [3.8, 4) is 11.5 Å². The van der Waals surface area contributed by atoms with Crippen LogP contribution in [0.2, 0.25) is 0 Å². The summed E-state index contributed by atoms with van der Waals surface area (Å²) in [6, 6.07) is 5.95. The van der Waals surface area contributed by atoms with Gasteiger partial charge in [-0.1, -0.05) is 0 Å². The third-order valence-electron chi connectivity index (χ3n) is 4.24. The zero-order valence-corrected chi connectivity index (χ0v) is 15.3. The Labute approximate surface area is 152 Å². The summed E-state index contributed by atoms with van der Waals surface area (Å²) in [5, 5.41) is 1.67. The largest absolute Gasteiger partial charge is 0.490 e. The summed E-state index contributed by atoms with van der Waals surface area (Å²) >= 11 is 5.57. The Bertz CT molecular complexity index is 761. The number of benzene rings is 1. The molecular formula is C18H22ClN3O3. The van der Waals surface area contributed by atoms with E-state index in [-0.39, 0.29) is 0 Å². The van der Waals surface area contributed by atoms with Gasteiger partial charge in [0, 0.05) is 37.8 Å². The molecule has 0 spiro atoms. The van der Waals surface area contributed by atoms with Crippen LogP contribution in [0.3, 0.4) is 0 Å². The van der Waals surface area contributed by atoms with E-state index in [1.807, 2.05) is 32.0 Å². The molecule has 2 aromatic rings. The number of ether oxygens (including phenoxy) is 2. The van der Waals surface area contributed by atoms with Gasteiger partial charge in [-0.2, -0.15) is 0 Å². The zero-order chi connectivity index (χ0) is 17.8. The van der Waals surface area contributed by atoms with Crippen LogP contribution < -0.4 is 14.4 Å². The fourth-order valence-corrected chi connectivity index (χ4v) is 3.22. The average Bonchev–Trinajstić information content (AvgIpc) is 2.62. The van der Waals surface area contributed by atoms with Crippen molar-refractivity contribution in [3.05, 3.63) is 24.4 Å². The number of nitrogens with zero attached hydrogens (tertiary/aromatic N) is 3. The van der Waals surface area contributed by atoms with Crippen LogP contribution in [0.15, 0.2) is 24.4 Å².